The molecule has 0 saturated heterocycles. The summed E-state index contributed by atoms with van der Waals surface area (Å²) >= 11 is 0. The van der Waals surface area contributed by atoms with E-state index in [1.807, 2.05) is 19.9 Å². The molecule has 2 N–H and O–H groups in total. The number of hydrogen-bond donors (Lipinski definition) is 1. The fourth-order valence-corrected chi connectivity index (χ4v) is 2.12. The highest BCUT2D eigenvalue weighted by atomic mass is 16.5. The first-order valence-electron chi connectivity index (χ1n) is 7.07. The monoisotopic (exact) mass is 280 g/mol. The number of aromatic nitrogens is 1. The zero-order valence-electron chi connectivity index (χ0n) is 12.5. The summed E-state index contributed by atoms with van der Waals surface area (Å²) in [4.78, 5) is 24.2. The van der Waals surface area contributed by atoms with E-state index in [1.165, 1.54) is 4.57 Å². The van der Waals surface area contributed by atoms with E-state index in [0.717, 1.165) is 5.56 Å². The van der Waals surface area contributed by atoms with E-state index < -0.39 is 6.04 Å². The number of carbonyl (C=O) groups excluding carboxylic acids is 1. The second-order valence-corrected chi connectivity index (χ2v) is 5.22. The van der Waals surface area contributed by atoms with Crippen LogP contribution in [0.4, 0.5) is 0 Å². The predicted octanol–water partition coefficient (Wildman–Crippen LogP) is 1.50. The van der Waals surface area contributed by atoms with Crippen LogP contribution in [-0.4, -0.2) is 23.7 Å². The first kappa shape index (κ1) is 16.4. The number of nitrogens with zero attached hydrogens (tertiary/aromatic N) is 1. The maximum absolute atomic E-state index is 12.2. The number of rotatable bonds is 7. The summed E-state index contributed by atoms with van der Waals surface area (Å²) in [5.74, 6) is -0.0603. The molecule has 1 aromatic heterocycles. The lowest BCUT2D eigenvalue weighted by atomic mass is 10.0. The molecule has 0 spiro atoms. The summed E-state index contributed by atoms with van der Waals surface area (Å²) < 4.78 is 6.53. The number of ether oxygens (including phenoxy) is 1. The van der Waals surface area contributed by atoms with Crippen molar-refractivity contribution in [1.29, 1.82) is 0 Å². The van der Waals surface area contributed by atoms with Gasteiger partial charge in [-0.15, -0.1) is 0 Å². The molecule has 0 fully saturated rings. The summed E-state index contributed by atoms with van der Waals surface area (Å²) in [6.45, 7) is 6.60. The molecular weight excluding hydrogens is 256 g/mol. The van der Waals surface area contributed by atoms with E-state index in [4.69, 9.17) is 10.5 Å². The average molecular weight is 280 g/mol. The van der Waals surface area contributed by atoms with Crippen LogP contribution in [0, 0.1) is 5.92 Å². The highest BCUT2D eigenvalue weighted by Gasteiger charge is 2.23. The van der Waals surface area contributed by atoms with Crippen molar-refractivity contribution in [2.45, 2.75) is 39.7 Å². The number of esters is 1. The van der Waals surface area contributed by atoms with Crippen LogP contribution < -0.4 is 11.3 Å². The van der Waals surface area contributed by atoms with E-state index >= 15 is 0 Å². The summed E-state index contributed by atoms with van der Waals surface area (Å²) in [5.41, 5.74) is 6.18. The lowest BCUT2D eigenvalue weighted by Crippen LogP contribution is -2.31. The molecule has 5 nitrogen and oxygen atoms in total. The summed E-state index contributed by atoms with van der Waals surface area (Å²) in [5, 5.41) is 0. The molecule has 0 aromatic carbocycles. The third-order valence-corrected chi connectivity index (χ3v) is 3.03. The van der Waals surface area contributed by atoms with Crippen molar-refractivity contribution in [1.82, 2.24) is 4.57 Å². The van der Waals surface area contributed by atoms with Gasteiger partial charge in [0.2, 0.25) is 0 Å². The molecule has 1 heterocycles. The second kappa shape index (κ2) is 7.85. The van der Waals surface area contributed by atoms with E-state index in [1.54, 1.807) is 19.2 Å². The van der Waals surface area contributed by atoms with Gasteiger partial charge in [0.1, 0.15) is 6.04 Å². The third kappa shape index (κ3) is 4.49. The molecular formula is C15H24N2O3. The Kier molecular flexibility index (Phi) is 6.45. The molecule has 0 aliphatic rings. The predicted molar refractivity (Wildman–Crippen MR) is 78.6 cm³/mol. The van der Waals surface area contributed by atoms with Gasteiger partial charge in [-0.25, -0.2) is 4.79 Å². The van der Waals surface area contributed by atoms with Gasteiger partial charge in [0.25, 0.3) is 5.56 Å². The van der Waals surface area contributed by atoms with Crippen LogP contribution in [0.15, 0.2) is 23.1 Å². The van der Waals surface area contributed by atoms with E-state index in [2.05, 4.69) is 0 Å². The maximum Gasteiger partial charge on any atom is 0.329 e. The molecule has 20 heavy (non-hydrogen) atoms. The van der Waals surface area contributed by atoms with E-state index in [-0.39, 0.29) is 11.5 Å². The fourth-order valence-electron chi connectivity index (χ4n) is 2.12. The van der Waals surface area contributed by atoms with Crippen molar-refractivity contribution in [3.05, 3.63) is 34.2 Å². The minimum absolute atomic E-state index is 0.186. The lowest BCUT2D eigenvalue weighted by molar-refractivity contribution is -0.147. The fraction of sp³-hybridized carbons (Fsp3) is 0.600. The molecule has 0 amide bonds. The first-order valence-corrected chi connectivity index (χ1v) is 7.07. The van der Waals surface area contributed by atoms with Crippen molar-refractivity contribution >= 4 is 5.97 Å². The van der Waals surface area contributed by atoms with E-state index in [0.29, 0.717) is 31.9 Å². The van der Waals surface area contributed by atoms with Crippen molar-refractivity contribution < 1.29 is 9.53 Å². The third-order valence-electron chi connectivity index (χ3n) is 3.03. The Morgan fingerprint density at radius 3 is 2.65 bits per heavy atom. The number of pyridine rings is 1. The molecule has 0 aliphatic heterocycles. The van der Waals surface area contributed by atoms with Crippen LogP contribution in [0.25, 0.3) is 0 Å². The smallest absolute Gasteiger partial charge is 0.329 e. The number of nitrogens with two attached hydrogens (primary N) is 1. The lowest BCUT2D eigenvalue weighted by Gasteiger charge is -2.20. The minimum Gasteiger partial charge on any atom is -0.464 e. The van der Waals surface area contributed by atoms with Gasteiger partial charge >= 0.3 is 5.97 Å². The van der Waals surface area contributed by atoms with E-state index in [9.17, 15) is 9.59 Å². The molecule has 1 rings (SSSR count). The van der Waals surface area contributed by atoms with Gasteiger partial charge in [0.15, 0.2) is 0 Å². The Bertz CT molecular complexity index is 494. The minimum atomic E-state index is -0.561. The molecule has 5 heteroatoms. The zero-order chi connectivity index (χ0) is 15.1. The van der Waals surface area contributed by atoms with Crippen LogP contribution in [-0.2, 0) is 16.0 Å². The van der Waals surface area contributed by atoms with Gasteiger partial charge in [0.05, 0.1) is 6.61 Å². The van der Waals surface area contributed by atoms with Gasteiger partial charge in [0, 0.05) is 12.3 Å². The molecule has 112 valence electrons. The quantitative estimate of drug-likeness (QED) is 0.768. The van der Waals surface area contributed by atoms with Crippen LogP contribution in [0.5, 0.6) is 0 Å². The van der Waals surface area contributed by atoms with Crippen LogP contribution >= 0.6 is 0 Å². The Balaban J connectivity index is 3.07. The molecule has 0 saturated carbocycles. The molecule has 0 aliphatic carbocycles. The second-order valence-electron chi connectivity index (χ2n) is 5.22. The molecule has 0 radical (unpaired) electrons. The molecule has 1 aromatic rings. The summed E-state index contributed by atoms with van der Waals surface area (Å²) in [7, 11) is 0. The highest BCUT2D eigenvalue weighted by molar-refractivity contribution is 5.74. The normalized spacial score (nSPS) is 12.4. The average Bonchev–Trinajstić information content (AvgIpc) is 2.37. The number of carbonyl (C=O) groups is 1. The van der Waals surface area contributed by atoms with Gasteiger partial charge in [-0.3, -0.25) is 4.79 Å². The Morgan fingerprint density at radius 2 is 2.15 bits per heavy atom. The SMILES string of the molecule is CCOC(=O)C(CC(C)C)n1ccc(CCN)cc1=O. The van der Waals surface area contributed by atoms with Crippen molar-refractivity contribution in [2.24, 2.45) is 11.7 Å². The maximum atomic E-state index is 12.2. The van der Waals surface area contributed by atoms with Gasteiger partial charge in [-0.2, -0.15) is 0 Å². The summed E-state index contributed by atoms with van der Waals surface area (Å²) in [6.07, 6.45) is 2.90. The van der Waals surface area contributed by atoms with Crippen molar-refractivity contribution in [2.75, 3.05) is 13.2 Å². The van der Waals surface area contributed by atoms with Crippen LogP contribution in [0.1, 0.15) is 38.8 Å². The standard InChI is InChI=1S/C15H24N2O3/c1-4-20-15(19)13(9-11(2)3)17-8-6-12(5-7-16)10-14(17)18/h6,8,10-11,13H,4-5,7,9,16H2,1-3H3. The molecule has 0 bridgehead atoms. The topological polar surface area (TPSA) is 74.3 Å². The van der Waals surface area contributed by atoms with Gasteiger partial charge in [-0.05, 0) is 43.9 Å². The van der Waals surface area contributed by atoms with Crippen molar-refractivity contribution in [3.8, 4) is 0 Å². The van der Waals surface area contributed by atoms with Crippen molar-refractivity contribution in [3.63, 3.8) is 0 Å². The summed E-state index contributed by atoms with van der Waals surface area (Å²) in [6, 6.07) is 2.81. The molecule has 1 atom stereocenters. The highest BCUT2D eigenvalue weighted by Crippen LogP contribution is 2.18. The van der Waals surface area contributed by atoms with Crippen LogP contribution in [0.2, 0.25) is 0 Å². The molecule has 1 unspecified atom stereocenters. The largest absolute Gasteiger partial charge is 0.464 e. The van der Waals surface area contributed by atoms with Crippen LogP contribution in [0.3, 0.4) is 0 Å². The first-order chi connectivity index (χ1) is 9.49. The Hall–Kier alpha value is -1.62. The van der Waals surface area contributed by atoms with Gasteiger partial charge < -0.3 is 15.0 Å². The van der Waals surface area contributed by atoms with Gasteiger partial charge in [-0.1, -0.05) is 13.8 Å². The Morgan fingerprint density at radius 1 is 1.45 bits per heavy atom. The Labute approximate surface area is 119 Å². The number of hydrogen-bond acceptors (Lipinski definition) is 4. The zero-order valence-corrected chi connectivity index (χ0v) is 12.5.